The molecule has 18 heavy (non-hydrogen) atoms. The zero-order chi connectivity index (χ0) is 13.0. The van der Waals surface area contributed by atoms with E-state index < -0.39 is 0 Å². The minimum Gasteiger partial charge on any atom is -0.296 e. The van der Waals surface area contributed by atoms with Gasteiger partial charge in [-0.3, -0.25) is 4.90 Å². The van der Waals surface area contributed by atoms with Crippen molar-refractivity contribution in [3.05, 3.63) is 34.9 Å². The fourth-order valence-corrected chi connectivity index (χ4v) is 3.20. The van der Waals surface area contributed by atoms with Crippen molar-refractivity contribution in [3.63, 3.8) is 0 Å². The van der Waals surface area contributed by atoms with E-state index in [0.717, 1.165) is 24.9 Å². The summed E-state index contributed by atoms with van der Waals surface area (Å²) in [5.41, 5.74) is 4.38. The van der Waals surface area contributed by atoms with Crippen LogP contribution in [0.1, 0.15) is 42.4 Å². The van der Waals surface area contributed by atoms with Crippen molar-refractivity contribution in [2.45, 2.75) is 52.1 Å². The molecule has 1 heterocycles. The van der Waals surface area contributed by atoms with Gasteiger partial charge in [-0.25, -0.2) is 0 Å². The van der Waals surface area contributed by atoms with E-state index in [-0.39, 0.29) is 0 Å². The Morgan fingerprint density at radius 3 is 2.67 bits per heavy atom. The largest absolute Gasteiger partial charge is 0.296 e. The molecule has 0 amide bonds. The third-order valence-corrected chi connectivity index (χ3v) is 4.44. The first kappa shape index (κ1) is 13.9. The Hall–Kier alpha value is -0.530. The van der Waals surface area contributed by atoms with Gasteiger partial charge in [0.25, 0.3) is 0 Å². The van der Waals surface area contributed by atoms with Crippen LogP contribution in [0.15, 0.2) is 18.2 Å². The molecule has 0 N–H and O–H groups in total. The molecule has 0 aliphatic carbocycles. The van der Waals surface area contributed by atoms with Crippen molar-refractivity contribution in [2.75, 3.05) is 12.4 Å². The van der Waals surface area contributed by atoms with E-state index in [1.165, 1.54) is 42.5 Å². The quantitative estimate of drug-likeness (QED) is 0.718. The van der Waals surface area contributed by atoms with Crippen LogP contribution in [0.3, 0.4) is 0 Å². The van der Waals surface area contributed by atoms with Crippen LogP contribution in [0.4, 0.5) is 0 Å². The first-order chi connectivity index (χ1) is 8.72. The standard InChI is InChI=1S/C16H24ClN/c1-13-6-3-7-14(2)16(13)12-18-11-5-9-15(18)8-4-10-17/h3,6-7,15H,4-5,8-12H2,1-2H3. The smallest absolute Gasteiger partial charge is 0.0241 e. The molecule has 0 aromatic heterocycles. The summed E-state index contributed by atoms with van der Waals surface area (Å²) in [4.78, 5) is 2.65. The number of hydrogen-bond acceptors (Lipinski definition) is 1. The predicted molar refractivity (Wildman–Crippen MR) is 79.3 cm³/mol. The highest BCUT2D eigenvalue weighted by atomic mass is 35.5. The average Bonchev–Trinajstić information content (AvgIpc) is 2.79. The van der Waals surface area contributed by atoms with Gasteiger partial charge >= 0.3 is 0 Å². The minimum absolute atomic E-state index is 0.753. The summed E-state index contributed by atoms with van der Waals surface area (Å²) in [5.74, 6) is 0.799. The Morgan fingerprint density at radius 2 is 2.00 bits per heavy atom. The molecule has 1 nitrogen and oxygen atoms in total. The summed E-state index contributed by atoms with van der Waals surface area (Å²) in [6.07, 6.45) is 5.10. The summed E-state index contributed by atoms with van der Waals surface area (Å²) in [6.45, 7) is 6.82. The van der Waals surface area contributed by atoms with Crippen molar-refractivity contribution in [1.29, 1.82) is 0 Å². The van der Waals surface area contributed by atoms with Crippen LogP contribution < -0.4 is 0 Å². The molecule has 0 bridgehead atoms. The number of aryl methyl sites for hydroxylation is 2. The van der Waals surface area contributed by atoms with Crippen LogP contribution in [0.25, 0.3) is 0 Å². The van der Waals surface area contributed by atoms with Crippen molar-refractivity contribution in [1.82, 2.24) is 4.90 Å². The van der Waals surface area contributed by atoms with Crippen LogP contribution in [-0.2, 0) is 6.54 Å². The van der Waals surface area contributed by atoms with Crippen LogP contribution in [0, 0.1) is 13.8 Å². The number of alkyl halides is 1. The monoisotopic (exact) mass is 265 g/mol. The normalized spacial score (nSPS) is 20.5. The Kier molecular flexibility index (Phi) is 5.08. The second kappa shape index (κ2) is 6.58. The molecule has 2 rings (SSSR count). The van der Waals surface area contributed by atoms with Gasteiger partial charge in [-0.05, 0) is 62.8 Å². The van der Waals surface area contributed by atoms with Crippen molar-refractivity contribution < 1.29 is 0 Å². The zero-order valence-electron chi connectivity index (χ0n) is 11.6. The molecule has 0 radical (unpaired) electrons. The van der Waals surface area contributed by atoms with Crippen molar-refractivity contribution in [3.8, 4) is 0 Å². The summed E-state index contributed by atoms with van der Waals surface area (Å²) < 4.78 is 0. The van der Waals surface area contributed by atoms with E-state index in [1.54, 1.807) is 0 Å². The number of halogens is 1. The number of hydrogen-bond donors (Lipinski definition) is 0. The Morgan fingerprint density at radius 1 is 1.28 bits per heavy atom. The molecule has 2 heteroatoms. The molecule has 1 aliphatic heterocycles. The SMILES string of the molecule is Cc1cccc(C)c1CN1CCCC1CCCCl. The highest BCUT2D eigenvalue weighted by molar-refractivity contribution is 6.17. The second-order valence-corrected chi connectivity index (χ2v) is 5.85. The molecule has 1 fully saturated rings. The maximum atomic E-state index is 5.82. The van der Waals surface area contributed by atoms with E-state index in [0.29, 0.717) is 0 Å². The topological polar surface area (TPSA) is 3.24 Å². The molecule has 1 aliphatic rings. The van der Waals surface area contributed by atoms with Gasteiger partial charge in [0.15, 0.2) is 0 Å². The lowest BCUT2D eigenvalue weighted by Crippen LogP contribution is -2.29. The maximum absolute atomic E-state index is 5.82. The molecule has 1 saturated heterocycles. The van der Waals surface area contributed by atoms with Gasteiger partial charge in [0.1, 0.15) is 0 Å². The summed E-state index contributed by atoms with van der Waals surface area (Å²) >= 11 is 5.82. The summed E-state index contributed by atoms with van der Waals surface area (Å²) in [5, 5.41) is 0. The van der Waals surface area contributed by atoms with Crippen LogP contribution in [0.2, 0.25) is 0 Å². The van der Waals surface area contributed by atoms with E-state index in [2.05, 4.69) is 36.9 Å². The second-order valence-electron chi connectivity index (χ2n) is 5.47. The van der Waals surface area contributed by atoms with E-state index >= 15 is 0 Å². The van der Waals surface area contributed by atoms with Crippen molar-refractivity contribution >= 4 is 11.6 Å². The zero-order valence-corrected chi connectivity index (χ0v) is 12.3. The first-order valence-corrected chi connectivity index (χ1v) is 7.61. The fourth-order valence-electron chi connectivity index (χ4n) is 3.04. The molecule has 1 unspecified atom stereocenters. The number of benzene rings is 1. The van der Waals surface area contributed by atoms with E-state index in [4.69, 9.17) is 11.6 Å². The lowest BCUT2D eigenvalue weighted by Gasteiger charge is -2.26. The molecule has 0 saturated carbocycles. The first-order valence-electron chi connectivity index (χ1n) is 7.07. The summed E-state index contributed by atoms with van der Waals surface area (Å²) in [6, 6.07) is 7.37. The van der Waals surface area contributed by atoms with Gasteiger partial charge in [-0.15, -0.1) is 11.6 Å². The van der Waals surface area contributed by atoms with E-state index in [1.807, 2.05) is 0 Å². The number of nitrogens with zero attached hydrogens (tertiary/aromatic N) is 1. The molecule has 100 valence electrons. The van der Waals surface area contributed by atoms with Gasteiger partial charge in [0, 0.05) is 18.5 Å². The fraction of sp³-hybridized carbons (Fsp3) is 0.625. The number of rotatable bonds is 5. The van der Waals surface area contributed by atoms with Crippen LogP contribution in [0.5, 0.6) is 0 Å². The van der Waals surface area contributed by atoms with Gasteiger partial charge in [0.2, 0.25) is 0 Å². The lowest BCUT2D eigenvalue weighted by molar-refractivity contribution is 0.233. The van der Waals surface area contributed by atoms with Crippen LogP contribution in [-0.4, -0.2) is 23.4 Å². The molecular formula is C16H24ClN. The van der Waals surface area contributed by atoms with Crippen LogP contribution >= 0.6 is 11.6 Å². The van der Waals surface area contributed by atoms with Gasteiger partial charge in [-0.2, -0.15) is 0 Å². The molecule has 0 spiro atoms. The third-order valence-electron chi connectivity index (χ3n) is 4.18. The predicted octanol–water partition coefficient (Wildman–Crippen LogP) is 4.29. The highest BCUT2D eigenvalue weighted by Gasteiger charge is 2.24. The highest BCUT2D eigenvalue weighted by Crippen LogP contribution is 2.25. The Balaban J connectivity index is 2.03. The van der Waals surface area contributed by atoms with Gasteiger partial charge < -0.3 is 0 Å². The van der Waals surface area contributed by atoms with E-state index in [9.17, 15) is 0 Å². The lowest BCUT2D eigenvalue weighted by atomic mass is 10.0. The van der Waals surface area contributed by atoms with Gasteiger partial charge in [-0.1, -0.05) is 18.2 Å². The Bertz CT molecular complexity index is 368. The maximum Gasteiger partial charge on any atom is 0.0241 e. The Labute approximate surface area is 116 Å². The van der Waals surface area contributed by atoms with Crippen molar-refractivity contribution in [2.24, 2.45) is 0 Å². The minimum atomic E-state index is 0.753. The third kappa shape index (κ3) is 3.27. The number of likely N-dealkylation sites (tertiary alicyclic amines) is 1. The molecule has 1 atom stereocenters. The van der Waals surface area contributed by atoms with Gasteiger partial charge in [0.05, 0.1) is 0 Å². The molecule has 1 aromatic carbocycles. The molecule has 1 aromatic rings. The average molecular weight is 266 g/mol. The summed E-state index contributed by atoms with van der Waals surface area (Å²) in [7, 11) is 0. The molecular weight excluding hydrogens is 242 g/mol.